The monoisotopic (exact) mass is 382 g/mol. The van der Waals surface area contributed by atoms with Crippen molar-refractivity contribution in [3.63, 3.8) is 0 Å². The summed E-state index contributed by atoms with van der Waals surface area (Å²) in [5, 5.41) is 6.44. The van der Waals surface area contributed by atoms with Gasteiger partial charge in [0.2, 0.25) is 0 Å². The van der Waals surface area contributed by atoms with Crippen LogP contribution in [0.3, 0.4) is 0 Å². The Morgan fingerprint density at radius 3 is 2.57 bits per heavy atom. The van der Waals surface area contributed by atoms with Crippen molar-refractivity contribution in [2.24, 2.45) is 0 Å². The van der Waals surface area contributed by atoms with Crippen LogP contribution in [-0.2, 0) is 6.42 Å². The van der Waals surface area contributed by atoms with E-state index >= 15 is 0 Å². The fourth-order valence-corrected chi connectivity index (χ4v) is 3.36. The minimum atomic E-state index is -0.0759. The lowest BCUT2D eigenvalue weighted by Gasteiger charge is -2.29. The average molecular weight is 383 g/mol. The summed E-state index contributed by atoms with van der Waals surface area (Å²) >= 11 is 0. The lowest BCUT2D eigenvalue weighted by Crippen LogP contribution is -2.36. The predicted molar refractivity (Wildman–Crippen MR) is 112 cm³/mol. The number of pyridine rings is 1. The van der Waals surface area contributed by atoms with Crippen LogP contribution in [0.15, 0.2) is 42.6 Å². The molecule has 1 amide bonds. The molecule has 1 fully saturated rings. The number of anilines is 1. The van der Waals surface area contributed by atoms with Crippen LogP contribution in [0.2, 0.25) is 0 Å². The summed E-state index contributed by atoms with van der Waals surface area (Å²) in [6, 6.07) is 12.2. The number of aromatic nitrogens is 1. The molecule has 1 aliphatic heterocycles. The van der Waals surface area contributed by atoms with Crippen LogP contribution in [0, 0.1) is 0 Å². The first-order chi connectivity index (χ1) is 13.6. The second kappa shape index (κ2) is 10.1. The van der Waals surface area contributed by atoms with Crippen molar-refractivity contribution in [2.45, 2.75) is 31.7 Å². The molecule has 0 aliphatic carbocycles. The molecule has 2 heterocycles. The molecule has 6 heteroatoms. The fraction of sp³-hybridized carbons (Fsp3) is 0.455. The normalized spacial score (nSPS) is 15.2. The third-order valence-corrected chi connectivity index (χ3v) is 5.18. The molecule has 1 aliphatic rings. The van der Waals surface area contributed by atoms with Crippen molar-refractivity contribution in [1.82, 2.24) is 15.2 Å². The van der Waals surface area contributed by atoms with Gasteiger partial charge in [-0.25, -0.2) is 4.98 Å². The molecule has 2 aromatic rings. The van der Waals surface area contributed by atoms with E-state index in [-0.39, 0.29) is 5.91 Å². The number of rotatable bonds is 8. The van der Waals surface area contributed by atoms with E-state index < -0.39 is 0 Å². The standard InChI is InChI=1S/C22H30N4O2/c1-26-14-11-19(12-15-26)25-21-10-7-18(16-24-21)22(27)23-13-3-4-17-5-8-20(28-2)9-6-17/h5-10,16,19H,3-4,11-15H2,1-2H3,(H,23,27)(H,24,25). The van der Waals surface area contributed by atoms with Crippen molar-refractivity contribution in [3.8, 4) is 5.75 Å². The Morgan fingerprint density at radius 2 is 1.93 bits per heavy atom. The highest BCUT2D eigenvalue weighted by molar-refractivity contribution is 5.94. The summed E-state index contributed by atoms with van der Waals surface area (Å²) < 4.78 is 5.16. The Bertz CT molecular complexity index is 738. The number of hydrogen-bond acceptors (Lipinski definition) is 5. The fourth-order valence-electron chi connectivity index (χ4n) is 3.36. The summed E-state index contributed by atoms with van der Waals surface area (Å²) in [6.07, 6.45) is 5.70. The molecule has 0 radical (unpaired) electrons. The third kappa shape index (κ3) is 5.96. The quantitative estimate of drug-likeness (QED) is 0.687. The Balaban J connectivity index is 1.39. The van der Waals surface area contributed by atoms with Gasteiger partial charge in [-0.05, 0) is 75.6 Å². The zero-order valence-electron chi connectivity index (χ0n) is 16.8. The molecule has 0 unspecified atom stereocenters. The number of amides is 1. The van der Waals surface area contributed by atoms with E-state index in [2.05, 4.69) is 39.7 Å². The Morgan fingerprint density at radius 1 is 1.18 bits per heavy atom. The minimum absolute atomic E-state index is 0.0759. The molecule has 6 nitrogen and oxygen atoms in total. The van der Waals surface area contributed by atoms with Crippen LogP contribution < -0.4 is 15.4 Å². The number of carbonyl (C=O) groups is 1. The number of hydrogen-bond donors (Lipinski definition) is 2. The average Bonchev–Trinajstić information content (AvgIpc) is 2.73. The van der Waals surface area contributed by atoms with Gasteiger partial charge >= 0.3 is 0 Å². The summed E-state index contributed by atoms with van der Waals surface area (Å²) in [6.45, 7) is 2.85. The van der Waals surface area contributed by atoms with Crippen LogP contribution in [0.1, 0.15) is 35.2 Å². The van der Waals surface area contributed by atoms with Crippen molar-refractivity contribution in [1.29, 1.82) is 0 Å². The number of ether oxygens (including phenoxy) is 1. The summed E-state index contributed by atoms with van der Waals surface area (Å²) in [4.78, 5) is 19.0. The number of likely N-dealkylation sites (tertiary alicyclic amines) is 1. The van der Waals surface area contributed by atoms with Crippen molar-refractivity contribution in [2.75, 3.05) is 39.1 Å². The first-order valence-electron chi connectivity index (χ1n) is 9.96. The molecule has 3 rings (SSSR count). The molecular weight excluding hydrogens is 352 g/mol. The molecule has 1 aromatic carbocycles. The third-order valence-electron chi connectivity index (χ3n) is 5.18. The van der Waals surface area contributed by atoms with Gasteiger partial charge in [-0.3, -0.25) is 4.79 Å². The van der Waals surface area contributed by atoms with E-state index in [1.54, 1.807) is 13.3 Å². The van der Waals surface area contributed by atoms with Gasteiger partial charge in [-0.15, -0.1) is 0 Å². The number of benzene rings is 1. The molecule has 0 spiro atoms. The topological polar surface area (TPSA) is 66.5 Å². The molecule has 0 bridgehead atoms. The molecule has 0 saturated carbocycles. The van der Waals surface area contributed by atoms with Crippen molar-refractivity contribution < 1.29 is 9.53 Å². The van der Waals surface area contributed by atoms with Gasteiger partial charge in [0.05, 0.1) is 12.7 Å². The van der Waals surface area contributed by atoms with Crippen LogP contribution in [-0.4, -0.2) is 55.6 Å². The van der Waals surface area contributed by atoms with E-state index in [1.165, 1.54) is 5.56 Å². The maximum atomic E-state index is 12.3. The zero-order valence-corrected chi connectivity index (χ0v) is 16.8. The van der Waals surface area contributed by atoms with Crippen LogP contribution >= 0.6 is 0 Å². The lowest BCUT2D eigenvalue weighted by atomic mass is 10.1. The predicted octanol–water partition coefficient (Wildman–Crippen LogP) is 2.96. The number of carbonyl (C=O) groups excluding carboxylic acids is 1. The number of nitrogens with zero attached hydrogens (tertiary/aromatic N) is 2. The second-order valence-corrected chi connectivity index (χ2v) is 7.36. The Kier molecular flexibility index (Phi) is 7.25. The maximum absolute atomic E-state index is 12.3. The first-order valence-corrected chi connectivity index (χ1v) is 9.96. The minimum Gasteiger partial charge on any atom is -0.497 e. The van der Waals surface area contributed by atoms with E-state index in [0.29, 0.717) is 18.2 Å². The maximum Gasteiger partial charge on any atom is 0.252 e. The lowest BCUT2D eigenvalue weighted by molar-refractivity contribution is 0.0953. The highest BCUT2D eigenvalue weighted by atomic mass is 16.5. The number of nitrogens with one attached hydrogen (secondary N) is 2. The van der Waals surface area contributed by atoms with Gasteiger partial charge in [0, 0.05) is 18.8 Å². The summed E-state index contributed by atoms with van der Waals surface area (Å²) in [7, 11) is 3.82. The molecular formula is C22H30N4O2. The van der Waals surface area contributed by atoms with Gasteiger partial charge in [-0.1, -0.05) is 12.1 Å². The van der Waals surface area contributed by atoms with E-state index in [4.69, 9.17) is 4.74 Å². The second-order valence-electron chi connectivity index (χ2n) is 7.36. The number of aryl methyl sites for hydroxylation is 1. The SMILES string of the molecule is COc1ccc(CCCNC(=O)c2ccc(NC3CCN(C)CC3)nc2)cc1. The zero-order chi connectivity index (χ0) is 19.8. The largest absolute Gasteiger partial charge is 0.497 e. The Hall–Kier alpha value is -2.60. The van der Waals surface area contributed by atoms with Gasteiger partial charge in [-0.2, -0.15) is 0 Å². The van der Waals surface area contributed by atoms with E-state index in [9.17, 15) is 4.79 Å². The van der Waals surface area contributed by atoms with Crippen LogP contribution in [0.4, 0.5) is 5.82 Å². The molecule has 0 atom stereocenters. The van der Waals surface area contributed by atoms with Crippen LogP contribution in [0.25, 0.3) is 0 Å². The van der Waals surface area contributed by atoms with Gasteiger partial charge in [0.25, 0.3) is 5.91 Å². The molecule has 150 valence electrons. The highest BCUT2D eigenvalue weighted by Gasteiger charge is 2.16. The van der Waals surface area contributed by atoms with Crippen molar-refractivity contribution >= 4 is 11.7 Å². The van der Waals surface area contributed by atoms with Gasteiger partial charge in [0.15, 0.2) is 0 Å². The summed E-state index contributed by atoms with van der Waals surface area (Å²) in [5.41, 5.74) is 1.83. The number of piperidine rings is 1. The molecule has 1 saturated heterocycles. The van der Waals surface area contributed by atoms with Gasteiger partial charge < -0.3 is 20.3 Å². The molecule has 2 N–H and O–H groups in total. The van der Waals surface area contributed by atoms with Gasteiger partial charge in [0.1, 0.15) is 11.6 Å². The van der Waals surface area contributed by atoms with Crippen molar-refractivity contribution in [3.05, 3.63) is 53.7 Å². The van der Waals surface area contributed by atoms with Crippen LogP contribution in [0.5, 0.6) is 5.75 Å². The smallest absolute Gasteiger partial charge is 0.252 e. The first kappa shape index (κ1) is 20.1. The van der Waals surface area contributed by atoms with E-state index in [0.717, 1.165) is 50.3 Å². The van der Waals surface area contributed by atoms with E-state index in [1.807, 2.05) is 24.3 Å². The molecule has 1 aromatic heterocycles. The summed E-state index contributed by atoms with van der Waals surface area (Å²) in [5.74, 6) is 1.62. The number of methoxy groups -OCH3 is 1. The molecule has 28 heavy (non-hydrogen) atoms. The Labute approximate surface area is 167 Å². The highest BCUT2D eigenvalue weighted by Crippen LogP contribution is 2.15.